The van der Waals surface area contributed by atoms with Gasteiger partial charge in [-0.1, -0.05) is 19.8 Å². The largest absolute Gasteiger partial charge is 0.434 e. The topological polar surface area (TPSA) is 46.5 Å². The van der Waals surface area contributed by atoms with E-state index < -0.39 is 16.3 Å². The van der Waals surface area contributed by atoms with Crippen molar-refractivity contribution in [3.8, 4) is 0 Å². The normalized spacial score (nSPS) is 13.8. The van der Waals surface area contributed by atoms with Crippen molar-refractivity contribution in [3.63, 3.8) is 0 Å². The van der Waals surface area contributed by atoms with Crippen molar-refractivity contribution in [1.82, 2.24) is 0 Å². The Hall–Kier alpha value is 0.130. The number of thiol groups is 2. The third kappa shape index (κ3) is 6.56. The minimum Gasteiger partial charge on any atom is -0.434 e. The molecular weight excluding hydrogens is 220 g/mol. The Balaban J connectivity index is 3.72. The van der Waals surface area contributed by atoms with Crippen LogP contribution < -0.4 is 0 Å². The van der Waals surface area contributed by atoms with Gasteiger partial charge in [-0.05, 0) is 13.3 Å². The fourth-order valence-electron chi connectivity index (χ4n) is 0.863. The molecular formula is C9H18O3S2. The summed E-state index contributed by atoms with van der Waals surface area (Å²) in [6.45, 7) is 3.57. The molecule has 3 nitrogen and oxygen atoms in total. The third-order valence-electron chi connectivity index (χ3n) is 1.68. The summed E-state index contributed by atoms with van der Waals surface area (Å²) in [4.78, 5) is 11.2. The highest BCUT2D eigenvalue weighted by atomic mass is 32.2. The number of hydrogen-bond acceptors (Lipinski definition) is 5. The summed E-state index contributed by atoms with van der Waals surface area (Å²) in [5, 5.41) is 9.30. The molecule has 84 valence electrons. The van der Waals surface area contributed by atoms with Crippen LogP contribution in [0.5, 0.6) is 0 Å². The molecule has 0 radical (unpaired) electrons. The standard InChI is InChI=1S/C9H18O3S2/c1-3-4-5-6-7(10)12-8(11)9(2,13)14/h7,10,13-14H,3-6H2,1-2H3. The van der Waals surface area contributed by atoms with E-state index in [-0.39, 0.29) is 0 Å². The van der Waals surface area contributed by atoms with Gasteiger partial charge >= 0.3 is 5.97 Å². The number of ether oxygens (including phenoxy) is 1. The molecule has 0 amide bonds. The molecule has 0 saturated heterocycles. The van der Waals surface area contributed by atoms with Crippen LogP contribution in [0.3, 0.4) is 0 Å². The van der Waals surface area contributed by atoms with Crippen molar-refractivity contribution in [1.29, 1.82) is 0 Å². The van der Waals surface area contributed by atoms with Crippen molar-refractivity contribution in [2.45, 2.75) is 49.9 Å². The van der Waals surface area contributed by atoms with E-state index in [0.717, 1.165) is 19.3 Å². The molecule has 0 aromatic rings. The van der Waals surface area contributed by atoms with E-state index in [9.17, 15) is 9.90 Å². The molecule has 14 heavy (non-hydrogen) atoms. The Morgan fingerprint density at radius 3 is 2.50 bits per heavy atom. The van der Waals surface area contributed by atoms with Gasteiger partial charge in [-0.2, -0.15) is 25.3 Å². The molecule has 0 bridgehead atoms. The van der Waals surface area contributed by atoms with Crippen molar-refractivity contribution < 1.29 is 14.6 Å². The second-order valence-electron chi connectivity index (χ2n) is 3.38. The lowest BCUT2D eigenvalue weighted by Gasteiger charge is -2.18. The maximum atomic E-state index is 11.2. The fourth-order valence-corrected chi connectivity index (χ4v) is 0.968. The number of aliphatic hydroxyl groups excluding tert-OH is 1. The number of carbonyl (C=O) groups is 1. The zero-order chi connectivity index (χ0) is 11.2. The summed E-state index contributed by atoms with van der Waals surface area (Å²) in [7, 11) is 0. The number of unbranched alkanes of at least 4 members (excludes halogenated alkanes) is 2. The van der Waals surface area contributed by atoms with Crippen LogP contribution in [0.1, 0.15) is 39.5 Å². The number of hydrogen-bond donors (Lipinski definition) is 3. The fraction of sp³-hybridized carbons (Fsp3) is 0.889. The van der Waals surface area contributed by atoms with Crippen molar-refractivity contribution in [2.24, 2.45) is 0 Å². The first-order valence-corrected chi connectivity index (χ1v) is 5.61. The molecule has 0 aromatic carbocycles. The van der Waals surface area contributed by atoms with E-state index in [2.05, 4.69) is 32.2 Å². The van der Waals surface area contributed by atoms with Crippen molar-refractivity contribution in [3.05, 3.63) is 0 Å². The van der Waals surface area contributed by atoms with Crippen LogP contribution in [0.4, 0.5) is 0 Å². The number of aliphatic hydroxyl groups is 1. The second-order valence-corrected chi connectivity index (χ2v) is 5.52. The van der Waals surface area contributed by atoms with Gasteiger partial charge in [-0.3, -0.25) is 0 Å². The van der Waals surface area contributed by atoms with Crippen LogP contribution in [0.15, 0.2) is 0 Å². The van der Waals surface area contributed by atoms with Crippen LogP contribution in [-0.4, -0.2) is 21.4 Å². The number of esters is 1. The maximum absolute atomic E-state index is 11.2. The Labute approximate surface area is 96.0 Å². The summed E-state index contributed by atoms with van der Waals surface area (Å²) >= 11 is 7.82. The first-order chi connectivity index (χ1) is 6.38. The average molecular weight is 238 g/mol. The summed E-state index contributed by atoms with van der Waals surface area (Å²) < 4.78 is 3.58. The molecule has 0 aromatic heterocycles. The SMILES string of the molecule is CCCCCC(O)OC(=O)C(C)(S)S. The predicted molar refractivity (Wildman–Crippen MR) is 62.6 cm³/mol. The monoisotopic (exact) mass is 238 g/mol. The van der Waals surface area contributed by atoms with Crippen LogP contribution >= 0.6 is 25.3 Å². The van der Waals surface area contributed by atoms with Gasteiger partial charge in [-0.25, -0.2) is 4.79 Å². The average Bonchev–Trinajstić information content (AvgIpc) is 2.03. The highest BCUT2D eigenvalue weighted by Gasteiger charge is 2.27. The van der Waals surface area contributed by atoms with Crippen molar-refractivity contribution >= 4 is 31.2 Å². The Bertz CT molecular complexity index is 177. The summed E-state index contributed by atoms with van der Waals surface area (Å²) in [6, 6.07) is 0. The van der Waals surface area contributed by atoms with Gasteiger partial charge in [0.05, 0.1) is 0 Å². The van der Waals surface area contributed by atoms with Gasteiger partial charge in [0.1, 0.15) is 0 Å². The van der Waals surface area contributed by atoms with Gasteiger partial charge in [0.2, 0.25) is 6.29 Å². The molecule has 0 rings (SSSR count). The molecule has 1 atom stereocenters. The second kappa shape index (κ2) is 6.58. The lowest BCUT2D eigenvalue weighted by atomic mass is 10.2. The molecule has 1 unspecified atom stereocenters. The van der Waals surface area contributed by atoms with Gasteiger partial charge in [-0.15, -0.1) is 0 Å². The molecule has 0 heterocycles. The molecule has 0 aliphatic heterocycles. The molecule has 5 heteroatoms. The summed E-state index contributed by atoms with van der Waals surface area (Å²) in [5.41, 5.74) is 0. The van der Waals surface area contributed by atoms with Gasteiger partial charge in [0.25, 0.3) is 0 Å². The molecule has 0 fully saturated rings. The highest BCUT2D eigenvalue weighted by Crippen LogP contribution is 2.21. The molecule has 1 N–H and O–H groups in total. The maximum Gasteiger partial charge on any atom is 0.334 e. The van der Waals surface area contributed by atoms with Crippen LogP contribution in [0.25, 0.3) is 0 Å². The van der Waals surface area contributed by atoms with Gasteiger partial charge in [0, 0.05) is 6.42 Å². The molecule has 0 aliphatic carbocycles. The zero-order valence-electron chi connectivity index (χ0n) is 8.56. The first kappa shape index (κ1) is 14.1. The van der Waals surface area contributed by atoms with E-state index >= 15 is 0 Å². The predicted octanol–water partition coefficient (Wildman–Crippen LogP) is 2.00. The number of rotatable bonds is 6. The lowest BCUT2D eigenvalue weighted by molar-refractivity contribution is -0.168. The minimum absolute atomic E-state index is 0.469. The van der Waals surface area contributed by atoms with E-state index in [1.54, 1.807) is 0 Å². The molecule has 0 saturated carbocycles. The first-order valence-electron chi connectivity index (χ1n) is 4.71. The van der Waals surface area contributed by atoms with E-state index in [1.165, 1.54) is 6.92 Å². The zero-order valence-corrected chi connectivity index (χ0v) is 10.4. The van der Waals surface area contributed by atoms with Crippen LogP contribution in [0, 0.1) is 0 Å². The Morgan fingerprint density at radius 2 is 2.07 bits per heavy atom. The van der Waals surface area contributed by atoms with Gasteiger partial charge < -0.3 is 9.84 Å². The highest BCUT2D eigenvalue weighted by molar-refractivity contribution is 8.01. The van der Waals surface area contributed by atoms with Crippen LogP contribution in [0.2, 0.25) is 0 Å². The van der Waals surface area contributed by atoms with Crippen LogP contribution in [-0.2, 0) is 9.53 Å². The quantitative estimate of drug-likeness (QED) is 0.287. The number of carbonyl (C=O) groups excluding carboxylic acids is 1. The molecule has 0 aliphatic rings. The smallest absolute Gasteiger partial charge is 0.334 e. The van der Waals surface area contributed by atoms with Gasteiger partial charge in [0.15, 0.2) is 4.08 Å². The summed E-state index contributed by atoms with van der Waals surface area (Å²) in [6.07, 6.45) is 2.37. The Kier molecular flexibility index (Phi) is 6.64. The van der Waals surface area contributed by atoms with Crippen molar-refractivity contribution in [2.75, 3.05) is 0 Å². The lowest BCUT2D eigenvalue weighted by Crippen LogP contribution is -2.29. The minimum atomic E-state index is -1.15. The Morgan fingerprint density at radius 1 is 1.50 bits per heavy atom. The van der Waals surface area contributed by atoms with E-state index in [0.29, 0.717) is 6.42 Å². The third-order valence-corrected chi connectivity index (χ3v) is 2.05. The molecule has 0 spiro atoms. The summed E-state index contributed by atoms with van der Waals surface area (Å²) in [5.74, 6) is -0.617. The van der Waals surface area contributed by atoms with E-state index in [1.807, 2.05) is 0 Å². The van der Waals surface area contributed by atoms with E-state index in [4.69, 9.17) is 4.74 Å².